The molecule has 4 nitrogen and oxygen atoms in total. The van der Waals surface area contributed by atoms with Gasteiger partial charge in [-0.05, 0) is 0 Å². The van der Waals surface area contributed by atoms with Crippen LogP contribution in [0.15, 0.2) is 0 Å². The van der Waals surface area contributed by atoms with Crippen LogP contribution < -0.4 is 35.0 Å². The molecule has 100 valence electrons. The number of hydrogen-bond acceptors (Lipinski definition) is 4. The van der Waals surface area contributed by atoms with Crippen molar-refractivity contribution >= 4 is 35.8 Å². The molecule has 0 aromatic heterocycles. The Morgan fingerprint density at radius 2 is 0.765 bits per heavy atom. The minimum atomic E-state index is -5.19. The summed E-state index contributed by atoms with van der Waals surface area (Å²) < 4.78 is 63.1. The van der Waals surface area contributed by atoms with Gasteiger partial charge in [0.25, 0.3) is 0 Å². The molecule has 0 bridgehead atoms. The molecule has 0 spiro atoms. The van der Waals surface area contributed by atoms with E-state index in [-0.39, 0.29) is 48.7 Å². The van der Waals surface area contributed by atoms with Crippen molar-refractivity contribution in [1.29, 1.82) is 0 Å². The van der Waals surface area contributed by atoms with E-state index < -0.39 is 24.3 Å². The molecule has 0 aliphatic rings. The van der Waals surface area contributed by atoms with E-state index >= 15 is 0 Å². The zero-order valence-electron chi connectivity index (χ0n) is 7.16. The van der Waals surface area contributed by atoms with Crippen LogP contribution in [0.2, 0.25) is 0 Å². The maximum atomic E-state index is 10.5. The van der Waals surface area contributed by atoms with Crippen LogP contribution in [0.4, 0.5) is 26.3 Å². The molecule has 0 saturated carbocycles. The summed E-state index contributed by atoms with van der Waals surface area (Å²) in [6.45, 7) is 0. The smallest absolute Gasteiger partial charge is 1.00 e. The third-order valence-electron chi connectivity index (χ3n) is 0.463. The summed E-state index contributed by atoms with van der Waals surface area (Å²) in [4.78, 5) is 17.6. The molecular formula is C4Cl2F6O4Sn. The molecular weight excluding hydrogens is 416 g/mol. The first-order chi connectivity index (χ1) is 5.89. The second-order valence-electron chi connectivity index (χ2n) is 1.57. The van der Waals surface area contributed by atoms with Crippen molar-refractivity contribution in [1.82, 2.24) is 0 Å². The Morgan fingerprint density at radius 3 is 0.765 bits per heavy atom. The first kappa shape index (κ1) is 30.2. The molecule has 0 heterocycles. The Kier molecular flexibility index (Phi) is 19.5. The molecule has 17 heavy (non-hydrogen) atoms. The molecule has 0 rings (SSSR count). The van der Waals surface area contributed by atoms with Gasteiger partial charge in [0.15, 0.2) is 0 Å². The number of hydrogen-bond donors (Lipinski definition) is 0. The average Bonchev–Trinajstić information content (AvgIpc) is 1.83. The Hall–Kier alpha value is -0.101. The van der Waals surface area contributed by atoms with Crippen molar-refractivity contribution < 1.29 is 71.0 Å². The summed E-state index contributed by atoms with van der Waals surface area (Å²) in [6.07, 6.45) is -10.4. The van der Waals surface area contributed by atoms with Gasteiger partial charge >= 0.3 is 36.3 Å². The topological polar surface area (TPSA) is 80.3 Å². The fraction of sp³-hybridized carbons (Fsp3) is 0.500. The Balaban J connectivity index is -0.0000000480. The maximum absolute atomic E-state index is 10.5. The number of carbonyl (C=O) groups is 2. The van der Waals surface area contributed by atoms with Crippen LogP contribution in [0.25, 0.3) is 0 Å². The normalized spacial score (nSPS) is 9.29. The first-order valence-electron chi connectivity index (χ1n) is 2.45. The fourth-order valence-electron chi connectivity index (χ4n) is 0. The molecule has 0 saturated heterocycles. The number of alkyl halides is 6. The van der Waals surface area contributed by atoms with Gasteiger partial charge in [-0.2, -0.15) is 26.3 Å². The SMILES string of the molecule is O=C([O-])C(F)(F)F.O=C([O-])C(F)(F)F.[Cl-].[Cl-].[Sn+4]. The van der Waals surface area contributed by atoms with Gasteiger partial charge in [-0.3, -0.25) is 0 Å². The molecule has 0 aromatic carbocycles. The van der Waals surface area contributed by atoms with E-state index in [0.29, 0.717) is 0 Å². The fourth-order valence-corrected chi connectivity index (χ4v) is 0. The summed E-state index contributed by atoms with van der Waals surface area (Å²) in [6, 6.07) is 0. The first-order valence-corrected chi connectivity index (χ1v) is 2.45. The summed E-state index contributed by atoms with van der Waals surface area (Å²) >= 11 is 0. The van der Waals surface area contributed by atoms with E-state index in [1.807, 2.05) is 0 Å². The number of carboxylic acid groups (broad SMARTS) is 2. The molecule has 0 unspecified atom stereocenters. The van der Waals surface area contributed by atoms with E-state index in [1.165, 1.54) is 0 Å². The van der Waals surface area contributed by atoms with Gasteiger partial charge in [0.05, 0.1) is 0 Å². The third kappa shape index (κ3) is 21.7. The van der Waals surface area contributed by atoms with Crippen LogP contribution in [-0.4, -0.2) is 48.2 Å². The van der Waals surface area contributed by atoms with E-state index in [9.17, 15) is 26.3 Å². The molecule has 0 atom stereocenters. The summed E-state index contributed by atoms with van der Waals surface area (Å²) in [5, 5.41) is 17.6. The average molecular weight is 416 g/mol. The zero-order valence-corrected chi connectivity index (χ0v) is 11.5. The van der Waals surface area contributed by atoms with Gasteiger partial charge in [0.1, 0.15) is 11.9 Å². The second-order valence-corrected chi connectivity index (χ2v) is 1.57. The molecule has 0 amide bonds. The van der Waals surface area contributed by atoms with Crippen LogP contribution in [0, 0.1) is 0 Å². The number of halogens is 8. The van der Waals surface area contributed by atoms with Crippen LogP contribution in [-0.2, 0) is 9.59 Å². The molecule has 0 aromatic rings. The number of aliphatic carboxylic acids is 2. The van der Waals surface area contributed by atoms with E-state index in [1.54, 1.807) is 0 Å². The summed E-state index contributed by atoms with van der Waals surface area (Å²) in [7, 11) is 0. The second kappa shape index (κ2) is 11.0. The minimum Gasteiger partial charge on any atom is -1.00 e. The van der Waals surface area contributed by atoms with Crippen molar-refractivity contribution in [2.75, 3.05) is 0 Å². The van der Waals surface area contributed by atoms with Gasteiger partial charge in [0, 0.05) is 0 Å². The zero-order chi connectivity index (χ0) is 12.2. The number of carboxylic acids is 2. The molecule has 0 aliphatic heterocycles. The summed E-state index contributed by atoms with van der Waals surface area (Å²) in [5.41, 5.74) is 0. The van der Waals surface area contributed by atoms with E-state index in [2.05, 4.69) is 0 Å². The van der Waals surface area contributed by atoms with Gasteiger partial charge in [-0.1, -0.05) is 0 Å². The quantitative estimate of drug-likeness (QED) is 0.291. The van der Waals surface area contributed by atoms with Crippen LogP contribution in [0.5, 0.6) is 0 Å². The Bertz CT molecular complexity index is 205. The summed E-state index contributed by atoms with van der Waals surface area (Å²) in [5.74, 6) is -6.01. The number of carbonyl (C=O) groups excluding carboxylic acids is 2. The van der Waals surface area contributed by atoms with Crippen LogP contribution in [0.1, 0.15) is 0 Å². The van der Waals surface area contributed by atoms with Crippen molar-refractivity contribution in [2.45, 2.75) is 12.4 Å². The molecule has 0 aliphatic carbocycles. The van der Waals surface area contributed by atoms with Crippen LogP contribution >= 0.6 is 0 Å². The van der Waals surface area contributed by atoms with Gasteiger partial charge in [0.2, 0.25) is 0 Å². The maximum Gasteiger partial charge on any atom is 4.00 e. The van der Waals surface area contributed by atoms with Crippen molar-refractivity contribution in [2.24, 2.45) is 0 Å². The van der Waals surface area contributed by atoms with E-state index in [4.69, 9.17) is 19.8 Å². The standard InChI is InChI=1S/2C2HF3O2.2ClH.Sn/c2*3-2(4,5)1(6)7;;;/h2*(H,6,7);2*1H;/q;;;;+4/p-4. The number of rotatable bonds is 0. The largest absolute Gasteiger partial charge is 4.00 e. The van der Waals surface area contributed by atoms with Gasteiger partial charge in [-0.25, -0.2) is 0 Å². The Labute approximate surface area is 119 Å². The molecule has 0 N–H and O–H groups in total. The van der Waals surface area contributed by atoms with Gasteiger partial charge in [-0.15, -0.1) is 0 Å². The molecule has 0 fully saturated rings. The Morgan fingerprint density at radius 1 is 0.706 bits per heavy atom. The minimum absolute atomic E-state index is 0. The predicted octanol–water partition coefficient (Wildman–Crippen LogP) is -7.78. The predicted molar refractivity (Wildman–Crippen MR) is 27.9 cm³/mol. The molecule has 13 heteroatoms. The van der Waals surface area contributed by atoms with Crippen molar-refractivity contribution in [3.8, 4) is 0 Å². The van der Waals surface area contributed by atoms with Gasteiger partial charge < -0.3 is 44.6 Å². The third-order valence-corrected chi connectivity index (χ3v) is 0.463. The van der Waals surface area contributed by atoms with Crippen molar-refractivity contribution in [3.05, 3.63) is 0 Å². The van der Waals surface area contributed by atoms with E-state index in [0.717, 1.165) is 0 Å². The van der Waals surface area contributed by atoms with Crippen LogP contribution in [0.3, 0.4) is 0 Å². The van der Waals surface area contributed by atoms with Crippen molar-refractivity contribution in [3.63, 3.8) is 0 Å². The molecule has 0 radical (unpaired) electrons. The monoisotopic (exact) mass is 416 g/mol.